The van der Waals surface area contributed by atoms with Gasteiger partial charge in [0.05, 0.1) is 24.1 Å². The molecule has 7 nitrogen and oxygen atoms in total. The van der Waals surface area contributed by atoms with Crippen LogP contribution in [0.1, 0.15) is 22.7 Å². The molecule has 5 rings (SSSR count). The molecule has 0 spiro atoms. The van der Waals surface area contributed by atoms with Crippen molar-refractivity contribution in [3.05, 3.63) is 83.1 Å². The molecule has 0 N–H and O–H groups in total. The van der Waals surface area contributed by atoms with Gasteiger partial charge in [-0.1, -0.05) is 18.2 Å². The minimum Gasteiger partial charge on any atom is -0.496 e. The highest BCUT2D eigenvalue weighted by Gasteiger charge is 2.18. The maximum absolute atomic E-state index is 13.8. The molecule has 0 unspecified atom stereocenters. The average Bonchev–Trinajstić information content (AvgIpc) is 3.37. The summed E-state index contributed by atoms with van der Waals surface area (Å²) in [4.78, 5) is 9.29. The zero-order valence-corrected chi connectivity index (χ0v) is 19.3. The second kappa shape index (κ2) is 8.62. The van der Waals surface area contributed by atoms with Crippen LogP contribution in [0.3, 0.4) is 0 Å². The summed E-state index contributed by atoms with van der Waals surface area (Å²) in [6, 6.07) is 15.7. The first-order valence-electron chi connectivity index (χ1n) is 10.8. The Bertz CT molecular complexity index is 1510. The van der Waals surface area contributed by atoms with Crippen LogP contribution in [0.2, 0.25) is 0 Å². The first-order chi connectivity index (χ1) is 16.4. The quantitative estimate of drug-likeness (QED) is 0.324. The van der Waals surface area contributed by atoms with E-state index in [1.165, 1.54) is 12.1 Å². The number of para-hydroxylation sites is 1. The van der Waals surface area contributed by atoms with E-state index in [4.69, 9.17) is 13.9 Å². The molecule has 0 atom stereocenters. The standard InChI is InChI=1S/C26H23FN4O3/c1-15-12-23(29-25-24(15)16(2)30-31(25)19-9-7-8-18(27)13-19)33-14-21-17(3)34-26(28-21)20-10-5-6-11-22(20)32-4/h5-13H,14H2,1-4H3. The number of nitrogens with zero attached hydrogens (tertiary/aromatic N) is 4. The molecular formula is C26H23FN4O3. The molecule has 5 aromatic rings. The Hall–Kier alpha value is -4.20. The number of hydrogen-bond acceptors (Lipinski definition) is 6. The third kappa shape index (κ3) is 3.87. The Kier molecular flexibility index (Phi) is 5.49. The highest BCUT2D eigenvalue weighted by Crippen LogP contribution is 2.31. The molecule has 0 aliphatic heterocycles. The van der Waals surface area contributed by atoms with Crippen LogP contribution in [0.25, 0.3) is 28.2 Å². The fourth-order valence-electron chi connectivity index (χ4n) is 3.98. The molecule has 172 valence electrons. The van der Waals surface area contributed by atoms with E-state index in [9.17, 15) is 4.39 Å². The van der Waals surface area contributed by atoms with Gasteiger partial charge in [-0.3, -0.25) is 0 Å². The maximum Gasteiger partial charge on any atom is 0.230 e. The van der Waals surface area contributed by atoms with Gasteiger partial charge in [-0.25, -0.2) is 14.1 Å². The van der Waals surface area contributed by atoms with E-state index >= 15 is 0 Å². The van der Waals surface area contributed by atoms with Gasteiger partial charge in [0.25, 0.3) is 0 Å². The van der Waals surface area contributed by atoms with Gasteiger partial charge in [0.2, 0.25) is 11.8 Å². The van der Waals surface area contributed by atoms with Gasteiger partial charge in [0.15, 0.2) is 5.65 Å². The first kappa shape index (κ1) is 21.6. The number of hydrogen-bond donors (Lipinski definition) is 0. The number of fused-ring (bicyclic) bond motifs is 1. The number of oxazole rings is 1. The smallest absolute Gasteiger partial charge is 0.230 e. The molecule has 0 aliphatic rings. The average molecular weight is 458 g/mol. The first-order valence-corrected chi connectivity index (χ1v) is 10.8. The number of pyridine rings is 1. The van der Waals surface area contributed by atoms with Crippen molar-refractivity contribution in [1.82, 2.24) is 19.7 Å². The van der Waals surface area contributed by atoms with Crippen molar-refractivity contribution in [3.63, 3.8) is 0 Å². The summed E-state index contributed by atoms with van der Waals surface area (Å²) < 4.78 is 32.8. The van der Waals surface area contributed by atoms with E-state index < -0.39 is 0 Å². The van der Waals surface area contributed by atoms with Crippen molar-refractivity contribution >= 4 is 11.0 Å². The Morgan fingerprint density at radius 1 is 1.00 bits per heavy atom. The highest BCUT2D eigenvalue weighted by atomic mass is 19.1. The molecule has 0 aliphatic carbocycles. The van der Waals surface area contributed by atoms with E-state index in [-0.39, 0.29) is 12.4 Å². The molecule has 0 saturated heterocycles. The van der Waals surface area contributed by atoms with Gasteiger partial charge >= 0.3 is 0 Å². The predicted molar refractivity (Wildman–Crippen MR) is 126 cm³/mol. The minimum atomic E-state index is -0.338. The van der Waals surface area contributed by atoms with E-state index in [1.807, 2.05) is 51.1 Å². The minimum absolute atomic E-state index is 0.176. The van der Waals surface area contributed by atoms with Crippen molar-refractivity contribution in [2.45, 2.75) is 27.4 Å². The number of halogens is 1. The lowest BCUT2D eigenvalue weighted by Gasteiger charge is -2.08. The number of benzene rings is 2. The van der Waals surface area contributed by atoms with Crippen LogP contribution in [0.4, 0.5) is 4.39 Å². The summed E-state index contributed by atoms with van der Waals surface area (Å²) in [5.41, 5.74) is 4.40. The van der Waals surface area contributed by atoms with Crippen LogP contribution in [0.15, 0.2) is 59.0 Å². The second-order valence-corrected chi connectivity index (χ2v) is 7.96. The summed E-state index contributed by atoms with van der Waals surface area (Å²) in [6.07, 6.45) is 0. The van der Waals surface area contributed by atoms with E-state index in [2.05, 4.69) is 15.1 Å². The molecule has 0 radical (unpaired) electrons. The van der Waals surface area contributed by atoms with Crippen LogP contribution in [0, 0.1) is 26.6 Å². The molecular weight excluding hydrogens is 435 g/mol. The van der Waals surface area contributed by atoms with Crippen LogP contribution >= 0.6 is 0 Å². The Morgan fingerprint density at radius 3 is 2.62 bits per heavy atom. The molecule has 0 amide bonds. The number of rotatable bonds is 6. The Balaban J connectivity index is 1.46. The second-order valence-electron chi connectivity index (χ2n) is 7.96. The van der Waals surface area contributed by atoms with Crippen molar-refractivity contribution in [2.75, 3.05) is 7.11 Å². The largest absolute Gasteiger partial charge is 0.496 e. The van der Waals surface area contributed by atoms with Gasteiger partial charge in [0.1, 0.15) is 29.6 Å². The lowest BCUT2D eigenvalue weighted by Crippen LogP contribution is -2.02. The molecule has 34 heavy (non-hydrogen) atoms. The summed E-state index contributed by atoms with van der Waals surface area (Å²) in [5, 5.41) is 5.49. The zero-order valence-electron chi connectivity index (χ0n) is 19.3. The van der Waals surface area contributed by atoms with Crippen LogP contribution in [0.5, 0.6) is 11.6 Å². The number of methoxy groups -OCH3 is 1. The number of aromatic nitrogens is 4. The van der Waals surface area contributed by atoms with Crippen molar-refractivity contribution in [1.29, 1.82) is 0 Å². The normalized spacial score (nSPS) is 11.2. The SMILES string of the molecule is COc1ccccc1-c1nc(COc2cc(C)c3c(C)nn(-c4cccc(F)c4)c3n2)c(C)o1. The van der Waals surface area contributed by atoms with Gasteiger partial charge < -0.3 is 13.9 Å². The van der Waals surface area contributed by atoms with E-state index in [0.29, 0.717) is 40.3 Å². The lowest BCUT2D eigenvalue weighted by atomic mass is 10.2. The molecule has 0 saturated carbocycles. The summed E-state index contributed by atoms with van der Waals surface area (Å²) in [6.45, 7) is 5.90. The third-order valence-corrected chi connectivity index (χ3v) is 5.63. The monoisotopic (exact) mass is 458 g/mol. The summed E-state index contributed by atoms with van der Waals surface area (Å²) in [5.74, 6) is 1.88. The zero-order chi connectivity index (χ0) is 23.8. The predicted octanol–water partition coefficient (Wildman–Crippen LogP) is 5.73. The van der Waals surface area contributed by atoms with E-state index in [0.717, 1.165) is 22.2 Å². The molecule has 0 fully saturated rings. The topological polar surface area (TPSA) is 75.2 Å². The van der Waals surface area contributed by atoms with Gasteiger partial charge in [0, 0.05) is 11.5 Å². The van der Waals surface area contributed by atoms with Crippen LogP contribution in [-0.4, -0.2) is 26.9 Å². The van der Waals surface area contributed by atoms with Gasteiger partial charge in [-0.05, 0) is 56.7 Å². The van der Waals surface area contributed by atoms with Crippen LogP contribution in [-0.2, 0) is 6.61 Å². The Morgan fingerprint density at radius 2 is 1.82 bits per heavy atom. The van der Waals surface area contributed by atoms with Crippen molar-refractivity contribution in [3.8, 4) is 28.8 Å². The maximum atomic E-state index is 13.8. The number of aryl methyl sites for hydroxylation is 3. The van der Waals surface area contributed by atoms with Crippen molar-refractivity contribution < 1.29 is 18.3 Å². The molecule has 2 aromatic carbocycles. The fourth-order valence-corrected chi connectivity index (χ4v) is 3.98. The van der Waals surface area contributed by atoms with E-state index in [1.54, 1.807) is 23.9 Å². The molecule has 8 heteroatoms. The highest BCUT2D eigenvalue weighted by molar-refractivity contribution is 5.84. The third-order valence-electron chi connectivity index (χ3n) is 5.63. The van der Waals surface area contributed by atoms with Crippen LogP contribution < -0.4 is 9.47 Å². The summed E-state index contributed by atoms with van der Waals surface area (Å²) >= 11 is 0. The molecule has 0 bridgehead atoms. The van der Waals surface area contributed by atoms with Crippen molar-refractivity contribution in [2.24, 2.45) is 0 Å². The lowest BCUT2D eigenvalue weighted by molar-refractivity contribution is 0.288. The Labute approximate surface area is 195 Å². The molecule has 3 aromatic heterocycles. The number of ether oxygens (including phenoxy) is 2. The molecule has 3 heterocycles. The van der Waals surface area contributed by atoms with Gasteiger partial charge in [-0.2, -0.15) is 10.1 Å². The summed E-state index contributed by atoms with van der Waals surface area (Å²) in [7, 11) is 1.61. The fraction of sp³-hybridized carbons (Fsp3) is 0.192. The van der Waals surface area contributed by atoms with Gasteiger partial charge in [-0.15, -0.1) is 0 Å².